The molecule has 5 heteroatoms. The summed E-state index contributed by atoms with van der Waals surface area (Å²) in [6.07, 6.45) is 1.77. The van der Waals surface area contributed by atoms with Crippen LogP contribution in [0, 0.1) is 11.3 Å². The summed E-state index contributed by atoms with van der Waals surface area (Å²) >= 11 is 0. The minimum Gasteiger partial charge on any atom is -0.397 e. The Morgan fingerprint density at radius 1 is 1.38 bits per heavy atom. The summed E-state index contributed by atoms with van der Waals surface area (Å²) in [5.41, 5.74) is 8.44. The third kappa shape index (κ3) is 3.42. The van der Waals surface area contributed by atoms with Gasteiger partial charge in [-0.3, -0.25) is 4.79 Å². The first-order valence-corrected chi connectivity index (χ1v) is 6.76. The van der Waals surface area contributed by atoms with Crippen molar-refractivity contribution in [2.24, 2.45) is 0 Å². The predicted octanol–water partition coefficient (Wildman–Crippen LogP) is 2.45. The number of nitriles is 1. The summed E-state index contributed by atoms with van der Waals surface area (Å²) in [4.78, 5) is 12.2. The van der Waals surface area contributed by atoms with Crippen molar-refractivity contribution in [3.63, 3.8) is 0 Å². The molecule has 2 aromatic rings. The zero-order valence-corrected chi connectivity index (χ0v) is 12.1. The molecule has 0 bridgehead atoms. The van der Waals surface area contributed by atoms with E-state index in [4.69, 9.17) is 11.0 Å². The van der Waals surface area contributed by atoms with Crippen LogP contribution in [0.4, 0.5) is 5.69 Å². The van der Waals surface area contributed by atoms with Gasteiger partial charge in [0.15, 0.2) is 0 Å². The largest absolute Gasteiger partial charge is 0.397 e. The second-order valence-corrected chi connectivity index (χ2v) is 5.15. The van der Waals surface area contributed by atoms with Crippen molar-refractivity contribution in [2.75, 3.05) is 5.73 Å². The Morgan fingerprint density at radius 3 is 2.62 bits per heavy atom. The lowest BCUT2D eigenvalue weighted by Gasteiger charge is -2.12. The number of hydrogen-bond donors (Lipinski definition) is 2. The van der Waals surface area contributed by atoms with Gasteiger partial charge in [0.05, 0.1) is 17.3 Å². The number of nitrogens with zero attached hydrogens (tertiary/aromatic N) is 2. The molecule has 1 aromatic heterocycles. The fourth-order valence-corrected chi connectivity index (χ4v) is 2.08. The van der Waals surface area contributed by atoms with Crippen molar-refractivity contribution < 1.29 is 4.79 Å². The summed E-state index contributed by atoms with van der Waals surface area (Å²) < 4.78 is 1.85. The smallest absolute Gasteiger partial charge is 0.268 e. The number of amides is 1. The number of nitrogens with one attached hydrogen (secondary N) is 1. The molecule has 21 heavy (non-hydrogen) atoms. The van der Waals surface area contributed by atoms with E-state index in [-0.39, 0.29) is 11.9 Å². The van der Waals surface area contributed by atoms with Gasteiger partial charge >= 0.3 is 0 Å². The maximum absolute atomic E-state index is 12.2. The van der Waals surface area contributed by atoms with Gasteiger partial charge in [0.2, 0.25) is 0 Å². The highest BCUT2D eigenvalue weighted by molar-refractivity contribution is 5.93. The topological polar surface area (TPSA) is 83.8 Å². The minimum atomic E-state index is -0.162. The lowest BCUT2D eigenvalue weighted by Crippen LogP contribution is -2.25. The molecule has 2 rings (SSSR count). The van der Waals surface area contributed by atoms with E-state index < -0.39 is 0 Å². The number of aromatic nitrogens is 1. The molecule has 108 valence electrons. The van der Waals surface area contributed by atoms with Crippen LogP contribution in [0.3, 0.4) is 0 Å². The summed E-state index contributed by atoms with van der Waals surface area (Å²) in [5, 5.41) is 11.6. The van der Waals surface area contributed by atoms with Gasteiger partial charge in [0.1, 0.15) is 5.69 Å². The second-order valence-electron chi connectivity index (χ2n) is 5.15. The lowest BCUT2D eigenvalue weighted by atomic mass is 10.1. The molecule has 0 aliphatic rings. The van der Waals surface area contributed by atoms with Crippen molar-refractivity contribution in [1.82, 2.24) is 9.88 Å². The predicted molar refractivity (Wildman–Crippen MR) is 81.6 cm³/mol. The van der Waals surface area contributed by atoms with E-state index in [1.807, 2.05) is 30.5 Å². The number of benzene rings is 1. The van der Waals surface area contributed by atoms with E-state index in [9.17, 15) is 4.79 Å². The van der Waals surface area contributed by atoms with Crippen LogP contribution in [0.2, 0.25) is 0 Å². The molecule has 0 atom stereocenters. The Kier molecular flexibility index (Phi) is 4.29. The Bertz CT molecular complexity index is 677. The number of carbonyl (C=O) groups excluding carboxylic acids is 1. The number of nitrogens with two attached hydrogens (primary N) is 1. The van der Waals surface area contributed by atoms with Crippen LogP contribution in [-0.4, -0.2) is 10.5 Å². The molecule has 1 aromatic carbocycles. The molecule has 3 N–H and O–H groups in total. The van der Waals surface area contributed by atoms with E-state index in [2.05, 4.69) is 11.4 Å². The molecule has 0 unspecified atom stereocenters. The molecule has 1 amide bonds. The summed E-state index contributed by atoms with van der Waals surface area (Å²) in [5.74, 6) is -0.162. The number of carbonyl (C=O) groups is 1. The molecule has 0 aliphatic heterocycles. The van der Waals surface area contributed by atoms with Crippen LogP contribution in [0.15, 0.2) is 36.5 Å². The van der Waals surface area contributed by atoms with Gasteiger partial charge in [0, 0.05) is 18.8 Å². The molecule has 0 fully saturated rings. The number of rotatable bonds is 4. The van der Waals surface area contributed by atoms with Crippen LogP contribution in [0.25, 0.3) is 0 Å². The van der Waals surface area contributed by atoms with E-state index in [1.54, 1.807) is 24.4 Å². The van der Waals surface area contributed by atoms with E-state index in [1.165, 1.54) is 0 Å². The highest BCUT2D eigenvalue weighted by Crippen LogP contribution is 2.16. The Hall–Kier alpha value is -2.74. The van der Waals surface area contributed by atoms with Gasteiger partial charge in [-0.15, -0.1) is 0 Å². The maximum atomic E-state index is 12.2. The Morgan fingerprint density at radius 2 is 2.05 bits per heavy atom. The fourth-order valence-electron chi connectivity index (χ4n) is 2.08. The third-order valence-corrected chi connectivity index (χ3v) is 3.19. The quantitative estimate of drug-likeness (QED) is 0.903. The number of anilines is 1. The maximum Gasteiger partial charge on any atom is 0.268 e. The van der Waals surface area contributed by atoms with Crippen LogP contribution >= 0.6 is 0 Å². The molecule has 5 nitrogen and oxygen atoms in total. The number of hydrogen-bond acceptors (Lipinski definition) is 3. The van der Waals surface area contributed by atoms with Gasteiger partial charge in [-0.2, -0.15) is 5.26 Å². The third-order valence-electron chi connectivity index (χ3n) is 3.19. The van der Waals surface area contributed by atoms with Crippen LogP contribution in [-0.2, 0) is 6.54 Å². The summed E-state index contributed by atoms with van der Waals surface area (Å²) in [7, 11) is 0. The Balaban J connectivity index is 2.06. The van der Waals surface area contributed by atoms with E-state index in [0.29, 0.717) is 23.5 Å². The molecule has 0 spiro atoms. The minimum absolute atomic E-state index is 0.162. The highest BCUT2D eigenvalue weighted by Gasteiger charge is 2.14. The first kappa shape index (κ1) is 14.7. The zero-order valence-electron chi connectivity index (χ0n) is 12.1. The average Bonchev–Trinajstić information content (AvgIpc) is 2.87. The standard InChI is InChI=1S/C16H18N4O/c1-11(2)20-10-14(18)7-15(20)16(21)19-9-13-5-3-12(8-17)4-6-13/h3-7,10-11H,9,18H2,1-2H3,(H,19,21). The molecular formula is C16H18N4O. The summed E-state index contributed by atoms with van der Waals surface area (Å²) in [6.45, 7) is 4.40. The SMILES string of the molecule is CC(C)n1cc(N)cc1C(=O)NCc1ccc(C#N)cc1. The van der Waals surface area contributed by atoms with Gasteiger partial charge in [-0.1, -0.05) is 12.1 Å². The molecule has 1 heterocycles. The summed E-state index contributed by atoms with van der Waals surface area (Å²) in [6, 6.07) is 11.0. The monoisotopic (exact) mass is 282 g/mol. The van der Waals surface area contributed by atoms with Crippen LogP contribution in [0.5, 0.6) is 0 Å². The van der Waals surface area contributed by atoms with Crippen molar-refractivity contribution in [3.05, 3.63) is 53.3 Å². The van der Waals surface area contributed by atoms with Crippen LogP contribution in [0.1, 0.15) is 41.5 Å². The average molecular weight is 282 g/mol. The van der Waals surface area contributed by atoms with Gasteiger partial charge in [-0.25, -0.2) is 0 Å². The van der Waals surface area contributed by atoms with Crippen molar-refractivity contribution in [3.8, 4) is 6.07 Å². The highest BCUT2D eigenvalue weighted by atomic mass is 16.1. The van der Waals surface area contributed by atoms with Crippen molar-refractivity contribution >= 4 is 11.6 Å². The zero-order chi connectivity index (χ0) is 15.4. The van der Waals surface area contributed by atoms with Crippen LogP contribution < -0.4 is 11.1 Å². The molecule has 0 aliphatic carbocycles. The normalized spacial score (nSPS) is 10.4. The molecular weight excluding hydrogens is 264 g/mol. The first-order valence-electron chi connectivity index (χ1n) is 6.76. The lowest BCUT2D eigenvalue weighted by molar-refractivity contribution is 0.0940. The van der Waals surface area contributed by atoms with Gasteiger partial charge < -0.3 is 15.6 Å². The van der Waals surface area contributed by atoms with Crippen molar-refractivity contribution in [1.29, 1.82) is 5.26 Å². The van der Waals surface area contributed by atoms with Crippen molar-refractivity contribution in [2.45, 2.75) is 26.4 Å². The second kappa shape index (κ2) is 6.14. The van der Waals surface area contributed by atoms with E-state index in [0.717, 1.165) is 5.56 Å². The van der Waals surface area contributed by atoms with E-state index >= 15 is 0 Å². The first-order chi connectivity index (χ1) is 10.0. The Labute approximate surface area is 124 Å². The van der Waals surface area contributed by atoms with Gasteiger partial charge in [0.25, 0.3) is 5.91 Å². The van der Waals surface area contributed by atoms with Gasteiger partial charge in [-0.05, 0) is 37.6 Å². The molecule has 0 saturated carbocycles. The molecule has 0 saturated heterocycles. The molecule has 0 radical (unpaired) electrons. The fraction of sp³-hybridized carbons (Fsp3) is 0.250. The number of nitrogen functional groups attached to an aromatic ring is 1.